The topological polar surface area (TPSA) is 99.4 Å². The van der Waals surface area contributed by atoms with Gasteiger partial charge >= 0.3 is 6.03 Å². The first-order valence-electron chi connectivity index (χ1n) is 11.3. The second kappa shape index (κ2) is 10.6. The number of carbonyl (C=O) groups excluding carboxylic acids is 1. The maximum Gasteiger partial charge on any atom is 0.320 e. The fourth-order valence-corrected chi connectivity index (χ4v) is 3.91. The number of nitrogens with one attached hydrogen (secondary N) is 2. The van der Waals surface area contributed by atoms with Crippen LogP contribution in [-0.4, -0.2) is 44.8 Å². The monoisotopic (exact) mass is 450 g/mol. The molecule has 33 heavy (non-hydrogen) atoms. The number of allylic oxidation sites excluding steroid dienone is 4. The van der Waals surface area contributed by atoms with E-state index in [1.165, 1.54) is 0 Å². The Balaban J connectivity index is 1.83. The Morgan fingerprint density at radius 2 is 2.00 bits per heavy atom. The minimum Gasteiger partial charge on any atom is -0.396 e. The molecule has 4 N–H and O–H groups in total. The van der Waals surface area contributed by atoms with Crippen molar-refractivity contribution in [1.29, 1.82) is 0 Å². The van der Waals surface area contributed by atoms with Gasteiger partial charge in [-0.25, -0.2) is 9.48 Å². The van der Waals surface area contributed by atoms with Crippen LogP contribution < -0.4 is 10.6 Å². The number of aliphatic hydroxyl groups excluding tert-OH is 2. The van der Waals surface area contributed by atoms with Crippen molar-refractivity contribution < 1.29 is 15.0 Å². The average molecular weight is 451 g/mol. The van der Waals surface area contributed by atoms with Gasteiger partial charge in [-0.15, -0.1) is 0 Å². The molecule has 1 aromatic carbocycles. The van der Waals surface area contributed by atoms with Crippen molar-refractivity contribution in [2.45, 2.75) is 52.2 Å². The van der Waals surface area contributed by atoms with Gasteiger partial charge in [0, 0.05) is 18.6 Å². The average Bonchev–Trinajstić information content (AvgIpc) is 3.07. The van der Waals surface area contributed by atoms with E-state index in [0.717, 1.165) is 16.8 Å². The van der Waals surface area contributed by atoms with Crippen LogP contribution in [0.15, 0.2) is 66.8 Å². The first kappa shape index (κ1) is 24.5. The van der Waals surface area contributed by atoms with E-state index >= 15 is 0 Å². The third kappa shape index (κ3) is 6.00. The Labute approximate surface area is 195 Å². The largest absolute Gasteiger partial charge is 0.396 e. The Morgan fingerprint density at radius 1 is 1.27 bits per heavy atom. The molecule has 1 aromatic heterocycles. The number of anilines is 1. The van der Waals surface area contributed by atoms with Crippen molar-refractivity contribution in [2.75, 3.05) is 11.9 Å². The van der Waals surface area contributed by atoms with Crippen LogP contribution in [0.2, 0.25) is 0 Å². The van der Waals surface area contributed by atoms with Gasteiger partial charge in [-0.3, -0.25) is 5.32 Å². The molecule has 0 bridgehead atoms. The smallest absolute Gasteiger partial charge is 0.320 e. The molecule has 7 heteroatoms. The summed E-state index contributed by atoms with van der Waals surface area (Å²) in [6, 6.07) is 8.61. The number of carbonyl (C=O) groups is 1. The zero-order valence-corrected chi connectivity index (χ0v) is 19.6. The van der Waals surface area contributed by atoms with Gasteiger partial charge in [0.25, 0.3) is 0 Å². The molecule has 1 heterocycles. The maximum absolute atomic E-state index is 13.0. The molecule has 3 rings (SSSR count). The lowest BCUT2D eigenvalue weighted by molar-refractivity contribution is 0.0929. The minimum absolute atomic E-state index is 0.0333. The van der Waals surface area contributed by atoms with Crippen molar-refractivity contribution in [3.8, 4) is 5.69 Å². The molecule has 2 amide bonds. The summed E-state index contributed by atoms with van der Waals surface area (Å²) >= 11 is 0. The van der Waals surface area contributed by atoms with Gasteiger partial charge in [-0.05, 0) is 42.9 Å². The molecule has 0 aliphatic heterocycles. The van der Waals surface area contributed by atoms with Crippen molar-refractivity contribution >= 4 is 11.8 Å². The van der Waals surface area contributed by atoms with Crippen LogP contribution in [-0.2, 0) is 6.42 Å². The molecule has 1 aliphatic rings. The summed E-state index contributed by atoms with van der Waals surface area (Å²) in [5, 5.41) is 30.8. The van der Waals surface area contributed by atoms with Crippen molar-refractivity contribution in [3.05, 3.63) is 78.0 Å². The molecule has 0 saturated heterocycles. The molecule has 2 atom stereocenters. The standard InChI is InChI=1S/C26H34N4O3/c1-18-11-7-5-10-14-22(23(32)17-26(18,3)4)27-25(33)28-24-19(2)21(15-16-31)29-30(24)20-12-8-6-9-13-20/h5-13,22-23,31-32H,1,14-17H2,2-4H3,(H2,27,28,33)/b10-5-,11-7-/t22-,23-/m1/s1. The Morgan fingerprint density at radius 3 is 2.70 bits per heavy atom. The zero-order chi connectivity index (χ0) is 24.0. The lowest BCUT2D eigenvalue weighted by atomic mass is 9.78. The Hall–Kier alpha value is -3.16. The quantitative estimate of drug-likeness (QED) is 0.552. The molecular weight excluding hydrogens is 416 g/mol. The van der Waals surface area contributed by atoms with Crippen molar-refractivity contribution in [1.82, 2.24) is 15.1 Å². The second-order valence-electron chi connectivity index (χ2n) is 9.05. The van der Waals surface area contributed by atoms with Crippen LogP contribution in [0.4, 0.5) is 10.6 Å². The Kier molecular flexibility index (Phi) is 7.89. The molecule has 0 saturated carbocycles. The number of nitrogens with zero attached hydrogens (tertiary/aromatic N) is 2. The van der Waals surface area contributed by atoms with E-state index in [9.17, 15) is 15.0 Å². The number of aromatic nitrogens is 2. The highest BCUT2D eigenvalue weighted by atomic mass is 16.3. The third-order valence-corrected chi connectivity index (χ3v) is 6.11. The highest BCUT2D eigenvalue weighted by Gasteiger charge is 2.30. The van der Waals surface area contributed by atoms with Gasteiger partial charge in [0.1, 0.15) is 5.82 Å². The fourth-order valence-electron chi connectivity index (χ4n) is 3.91. The molecule has 0 unspecified atom stereocenters. The summed E-state index contributed by atoms with van der Waals surface area (Å²) in [4.78, 5) is 13.0. The predicted octanol–water partition coefficient (Wildman–Crippen LogP) is 4.06. The molecule has 2 aromatic rings. The molecular formula is C26H34N4O3. The summed E-state index contributed by atoms with van der Waals surface area (Å²) in [6.45, 7) is 10.0. The van der Waals surface area contributed by atoms with Crippen LogP contribution in [0.3, 0.4) is 0 Å². The molecule has 0 fully saturated rings. The molecule has 176 valence electrons. The number of rotatable bonds is 5. The van der Waals surface area contributed by atoms with E-state index in [-0.39, 0.29) is 12.0 Å². The number of benzene rings is 1. The highest BCUT2D eigenvalue weighted by Crippen LogP contribution is 2.33. The number of aliphatic hydroxyl groups is 2. The first-order chi connectivity index (χ1) is 15.7. The number of amides is 2. The van der Waals surface area contributed by atoms with Gasteiger partial charge in [0.2, 0.25) is 0 Å². The number of urea groups is 1. The minimum atomic E-state index is -0.747. The molecule has 0 spiro atoms. The normalized spacial score (nSPS) is 22.4. The number of hydrogen-bond acceptors (Lipinski definition) is 4. The van der Waals surface area contributed by atoms with Crippen molar-refractivity contribution in [2.24, 2.45) is 5.41 Å². The second-order valence-corrected chi connectivity index (χ2v) is 9.05. The Bertz CT molecular complexity index is 1040. The van der Waals surface area contributed by atoms with Gasteiger partial charge in [0.05, 0.1) is 23.5 Å². The van der Waals surface area contributed by atoms with Crippen LogP contribution >= 0.6 is 0 Å². The van der Waals surface area contributed by atoms with Crippen LogP contribution in [0.5, 0.6) is 0 Å². The van der Waals surface area contributed by atoms with Crippen LogP contribution in [0.1, 0.15) is 37.9 Å². The van der Waals surface area contributed by atoms with Gasteiger partial charge < -0.3 is 15.5 Å². The van der Waals surface area contributed by atoms with Crippen LogP contribution in [0, 0.1) is 12.3 Å². The zero-order valence-electron chi connectivity index (χ0n) is 19.6. The van der Waals surface area contributed by atoms with E-state index in [1.54, 1.807) is 4.68 Å². The van der Waals surface area contributed by atoms with E-state index < -0.39 is 18.2 Å². The lowest BCUT2D eigenvalue weighted by Crippen LogP contribution is -2.46. The molecule has 1 aliphatic carbocycles. The fraction of sp³-hybridized carbons (Fsp3) is 0.385. The maximum atomic E-state index is 13.0. The highest BCUT2D eigenvalue weighted by molar-refractivity contribution is 5.90. The van der Waals surface area contributed by atoms with E-state index in [0.29, 0.717) is 30.8 Å². The van der Waals surface area contributed by atoms with Gasteiger partial charge in [-0.1, -0.05) is 62.9 Å². The van der Waals surface area contributed by atoms with Crippen LogP contribution in [0.25, 0.3) is 5.69 Å². The van der Waals surface area contributed by atoms with Crippen molar-refractivity contribution in [3.63, 3.8) is 0 Å². The summed E-state index contributed by atoms with van der Waals surface area (Å²) in [5.74, 6) is 0.531. The molecule has 0 radical (unpaired) electrons. The van der Waals surface area contributed by atoms with E-state index in [1.807, 2.05) is 75.4 Å². The van der Waals surface area contributed by atoms with Gasteiger partial charge in [-0.2, -0.15) is 5.10 Å². The predicted molar refractivity (Wildman–Crippen MR) is 131 cm³/mol. The summed E-state index contributed by atoms with van der Waals surface area (Å²) in [5.41, 5.74) is 2.92. The van der Waals surface area contributed by atoms with E-state index in [4.69, 9.17) is 0 Å². The summed E-state index contributed by atoms with van der Waals surface area (Å²) in [6.07, 6.45) is 8.33. The molecule has 7 nitrogen and oxygen atoms in total. The summed E-state index contributed by atoms with van der Waals surface area (Å²) < 4.78 is 1.67. The lowest BCUT2D eigenvalue weighted by Gasteiger charge is -2.32. The summed E-state index contributed by atoms with van der Waals surface area (Å²) in [7, 11) is 0. The SMILES string of the molecule is C=C1/C=C\C=C/C[C@@H](NC(=O)Nc2c(C)c(CCO)nn2-c2ccccc2)[C@H](O)CC1(C)C. The first-order valence-corrected chi connectivity index (χ1v) is 11.3. The van der Waals surface area contributed by atoms with E-state index in [2.05, 4.69) is 22.3 Å². The number of hydrogen-bond donors (Lipinski definition) is 4. The number of para-hydroxylation sites is 1. The van der Waals surface area contributed by atoms with Gasteiger partial charge in [0.15, 0.2) is 0 Å². The third-order valence-electron chi connectivity index (χ3n) is 6.11.